The first-order chi connectivity index (χ1) is 13.3. The fourth-order valence-corrected chi connectivity index (χ4v) is 3.57. The molecule has 0 fully saturated rings. The third-order valence-electron chi connectivity index (χ3n) is 5.03. The number of rotatable bonds is 6. The second-order valence-corrected chi connectivity index (χ2v) is 7.70. The summed E-state index contributed by atoms with van der Waals surface area (Å²) in [5.41, 5.74) is 1.61. The fraction of sp³-hybridized carbons (Fsp3) is 0.286. The quantitative estimate of drug-likeness (QED) is 0.625. The Hall–Kier alpha value is -2.54. The van der Waals surface area contributed by atoms with Crippen LogP contribution in [0.3, 0.4) is 0 Å². The van der Waals surface area contributed by atoms with Gasteiger partial charge in [-0.1, -0.05) is 28.1 Å². The molecule has 5 nitrogen and oxygen atoms in total. The van der Waals surface area contributed by atoms with Crippen molar-refractivity contribution >= 4 is 33.7 Å². The second kappa shape index (κ2) is 8.22. The van der Waals surface area contributed by atoms with Crippen molar-refractivity contribution in [2.24, 2.45) is 0 Å². The molecule has 0 saturated carbocycles. The fourth-order valence-electron chi connectivity index (χ4n) is 3.21. The first kappa shape index (κ1) is 20.2. The number of hydrogen-bond acceptors (Lipinski definition) is 3. The number of carbonyl (C=O) groups is 3. The summed E-state index contributed by atoms with van der Waals surface area (Å²) in [6.45, 7) is 2.06. The van der Waals surface area contributed by atoms with Gasteiger partial charge in [-0.05, 0) is 49.2 Å². The molecular formula is C21H20BrFN2O3. The van der Waals surface area contributed by atoms with Crippen molar-refractivity contribution in [2.75, 3.05) is 13.6 Å². The predicted molar refractivity (Wildman–Crippen MR) is 106 cm³/mol. The van der Waals surface area contributed by atoms with Crippen LogP contribution in [0.4, 0.5) is 4.39 Å². The van der Waals surface area contributed by atoms with Gasteiger partial charge < -0.3 is 4.90 Å². The first-order valence-corrected chi connectivity index (χ1v) is 9.75. The summed E-state index contributed by atoms with van der Waals surface area (Å²) in [5, 5.41) is 0. The average molecular weight is 447 g/mol. The molecular weight excluding hydrogens is 427 g/mol. The molecule has 0 N–H and O–H groups in total. The van der Waals surface area contributed by atoms with Crippen molar-refractivity contribution in [2.45, 2.75) is 25.8 Å². The average Bonchev–Trinajstić information content (AvgIpc) is 2.91. The Morgan fingerprint density at radius 3 is 2.43 bits per heavy atom. The standard InChI is InChI=1S/C21H20BrFN2O3/c1-13(14-5-8-16(23)9-6-14)24(2)19(26)4-3-11-25-20(27)17-10-7-15(22)12-18(17)21(25)28/h5-10,12-13H,3-4,11H2,1-2H3. The highest BCUT2D eigenvalue weighted by Gasteiger charge is 2.35. The van der Waals surface area contributed by atoms with Crippen LogP contribution in [-0.4, -0.2) is 41.1 Å². The van der Waals surface area contributed by atoms with E-state index in [9.17, 15) is 18.8 Å². The molecule has 0 saturated heterocycles. The van der Waals surface area contributed by atoms with E-state index >= 15 is 0 Å². The van der Waals surface area contributed by atoms with Crippen LogP contribution in [0.15, 0.2) is 46.9 Å². The largest absolute Gasteiger partial charge is 0.339 e. The van der Waals surface area contributed by atoms with Crippen LogP contribution in [0.5, 0.6) is 0 Å². The van der Waals surface area contributed by atoms with E-state index in [1.165, 1.54) is 17.0 Å². The maximum absolute atomic E-state index is 13.1. The van der Waals surface area contributed by atoms with Crippen LogP contribution in [0, 0.1) is 5.82 Å². The van der Waals surface area contributed by atoms with Gasteiger partial charge in [0.2, 0.25) is 5.91 Å². The maximum Gasteiger partial charge on any atom is 0.261 e. The zero-order valence-corrected chi connectivity index (χ0v) is 17.2. The van der Waals surface area contributed by atoms with Gasteiger partial charge in [0.15, 0.2) is 0 Å². The number of amides is 3. The van der Waals surface area contributed by atoms with Gasteiger partial charge in [0.25, 0.3) is 11.8 Å². The molecule has 7 heteroatoms. The lowest BCUT2D eigenvalue weighted by molar-refractivity contribution is -0.132. The number of imide groups is 1. The zero-order valence-electron chi connectivity index (χ0n) is 15.6. The Morgan fingerprint density at radius 2 is 1.75 bits per heavy atom. The van der Waals surface area contributed by atoms with E-state index in [-0.39, 0.29) is 42.5 Å². The van der Waals surface area contributed by atoms with Gasteiger partial charge in [0.05, 0.1) is 17.2 Å². The molecule has 0 radical (unpaired) electrons. The van der Waals surface area contributed by atoms with E-state index in [4.69, 9.17) is 0 Å². The Kier molecular flexibility index (Phi) is 5.93. The van der Waals surface area contributed by atoms with Crippen molar-refractivity contribution in [3.05, 3.63) is 69.4 Å². The van der Waals surface area contributed by atoms with Crippen molar-refractivity contribution in [3.8, 4) is 0 Å². The van der Waals surface area contributed by atoms with E-state index in [0.717, 1.165) is 10.0 Å². The summed E-state index contributed by atoms with van der Waals surface area (Å²) in [6, 6.07) is 10.8. The molecule has 0 bridgehead atoms. The van der Waals surface area contributed by atoms with Gasteiger partial charge >= 0.3 is 0 Å². The Morgan fingerprint density at radius 1 is 1.11 bits per heavy atom. The monoisotopic (exact) mass is 446 g/mol. The number of halogens is 2. The van der Waals surface area contributed by atoms with E-state index in [2.05, 4.69) is 15.9 Å². The molecule has 0 aromatic heterocycles. The van der Waals surface area contributed by atoms with E-state index in [1.807, 2.05) is 6.92 Å². The lowest BCUT2D eigenvalue weighted by Gasteiger charge is -2.25. The maximum atomic E-state index is 13.1. The van der Waals surface area contributed by atoms with Gasteiger partial charge in [-0.25, -0.2) is 4.39 Å². The van der Waals surface area contributed by atoms with E-state index in [0.29, 0.717) is 17.5 Å². The molecule has 3 amide bonds. The van der Waals surface area contributed by atoms with Gasteiger partial charge in [0.1, 0.15) is 5.82 Å². The minimum atomic E-state index is -0.332. The van der Waals surface area contributed by atoms with Crippen molar-refractivity contribution in [1.29, 1.82) is 0 Å². The third-order valence-corrected chi connectivity index (χ3v) is 5.53. The van der Waals surface area contributed by atoms with Gasteiger partial charge in [-0.15, -0.1) is 0 Å². The summed E-state index contributed by atoms with van der Waals surface area (Å²) >= 11 is 3.30. The van der Waals surface area contributed by atoms with Crippen molar-refractivity contribution in [1.82, 2.24) is 9.80 Å². The smallest absolute Gasteiger partial charge is 0.261 e. The van der Waals surface area contributed by atoms with Gasteiger partial charge in [0, 0.05) is 24.5 Å². The topological polar surface area (TPSA) is 57.7 Å². The Bertz CT molecular complexity index is 930. The second-order valence-electron chi connectivity index (χ2n) is 6.79. The SMILES string of the molecule is CC(c1ccc(F)cc1)N(C)C(=O)CCCN1C(=O)c2ccc(Br)cc2C1=O. The number of nitrogens with zero attached hydrogens (tertiary/aromatic N) is 2. The number of carbonyl (C=O) groups excluding carboxylic acids is 3. The van der Waals surface area contributed by atoms with Gasteiger partial charge in [-0.2, -0.15) is 0 Å². The lowest BCUT2D eigenvalue weighted by atomic mass is 10.1. The number of fused-ring (bicyclic) bond motifs is 1. The molecule has 0 spiro atoms. The molecule has 1 unspecified atom stereocenters. The molecule has 3 rings (SSSR count). The predicted octanol–water partition coefficient (Wildman–Crippen LogP) is 4.18. The summed E-state index contributed by atoms with van der Waals surface area (Å²) in [4.78, 5) is 40.1. The van der Waals surface area contributed by atoms with Crippen LogP contribution in [0.25, 0.3) is 0 Å². The Labute approximate surface area is 171 Å². The van der Waals surface area contributed by atoms with Crippen LogP contribution >= 0.6 is 15.9 Å². The molecule has 2 aromatic rings. The normalized spacial score (nSPS) is 14.2. The molecule has 146 valence electrons. The highest BCUT2D eigenvalue weighted by atomic mass is 79.9. The van der Waals surface area contributed by atoms with Crippen molar-refractivity contribution < 1.29 is 18.8 Å². The molecule has 1 aliphatic rings. The first-order valence-electron chi connectivity index (χ1n) is 8.96. The zero-order chi connectivity index (χ0) is 20.4. The lowest BCUT2D eigenvalue weighted by Crippen LogP contribution is -2.33. The van der Waals surface area contributed by atoms with Crippen molar-refractivity contribution in [3.63, 3.8) is 0 Å². The molecule has 0 aliphatic carbocycles. The number of hydrogen-bond donors (Lipinski definition) is 0. The highest BCUT2D eigenvalue weighted by molar-refractivity contribution is 9.10. The molecule has 2 aromatic carbocycles. The van der Waals surface area contributed by atoms with Crippen LogP contribution in [-0.2, 0) is 4.79 Å². The van der Waals surface area contributed by atoms with Gasteiger partial charge in [-0.3, -0.25) is 19.3 Å². The third kappa shape index (κ3) is 3.99. The summed E-state index contributed by atoms with van der Waals surface area (Å²) in [6.07, 6.45) is 0.588. The minimum Gasteiger partial charge on any atom is -0.339 e. The van der Waals surface area contributed by atoms with Crippen LogP contribution in [0.2, 0.25) is 0 Å². The Balaban J connectivity index is 1.56. The van der Waals surface area contributed by atoms with Crippen LogP contribution < -0.4 is 0 Å². The number of benzene rings is 2. The van der Waals surface area contributed by atoms with Crippen LogP contribution in [0.1, 0.15) is 52.1 Å². The summed E-state index contributed by atoms with van der Waals surface area (Å²) in [5.74, 6) is -1.08. The molecule has 1 heterocycles. The summed E-state index contributed by atoms with van der Waals surface area (Å²) < 4.78 is 13.8. The minimum absolute atomic E-state index is 0.101. The highest BCUT2D eigenvalue weighted by Crippen LogP contribution is 2.26. The van der Waals surface area contributed by atoms with E-state index in [1.54, 1.807) is 42.3 Å². The molecule has 1 atom stereocenters. The van der Waals surface area contributed by atoms with E-state index < -0.39 is 0 Å². The summed E-state index contributed by atoms with van der Waals surface area (Å²) in [7, 11) is 1.69. The molecule has 28 heavy (non-hydrogen) atoms. The molecule has 1 aliphatic heterocycles.